The quantitative estimate of drug-likeness (QED) is 0.519. The van der Waals surface area contributed by atoms with Crippen LogP contribution in [0.15, 0.2) is 0 Å². The Labute approximate surface area is 74.3 Å². The molecule has 0 aliphatic heterocycles. The average Bonchev–Trinajstić information content (AvgIpc) is 2.04. The molecule has 0 spiro atoms. The number of hydrogen-bond acceptors (Lipinski definition) is 0. The highest BCUT2D eigenvalue weighted by atomic mass is 19.4. The van der Waals surface area contributed by atoms with Gasteiger partial charge in [0.1, 0.15) is 5.67 Å². The molecule has 2 bridgehead atoms. The van der Waals surface area contributed by atoms with Crippen LogP contribution < -0.4 is 0 Å². The van der Waals surface area contributed by atoms with Gasteiger partial charge in [0.15, 0.2) is 0 Å². The van der Waals surface area contributed by atoms with E-state index < -0.39 is 17.3 Å². The summed E-state index contributed by atoms with van der Waals surface area (Å²) in [5.74, 6) is 0. The molecule has 3 rings (SSSR count). The zero-order chi connectivity index (χ0) is 9.74. The molecule has 3 fully saturated rings. The molecular weight excluding hydrogens is 184 g/mol. The maximum Gasteiger partial charge on any atom is 0.394 e. The van der Waals surface area contributed by atoms with Crippen LogP contribution in [-0.4, -0.2) is 11.8 Å². The van der Waals surface area contributed by atoms with Crippen molar-refractivity contribution in [1.29, 1.82) is 0 Å². The summed E-state index contributed by atoms with van der Waals surface area (Å²) in [6.07, 6.45) is -3.84. The monoisotopic (exact) mass is 196 g/mol. The zero-order valence-corrected chi connectivity index (χ0v) is 7.25. The normalized spacial score (nSPS) is 45.2. The van der Waals surface area contributed by atoms with E-state index in [0.29, 0.717) is 0 Å². The number of halogens is 4. The highest BCUT2D eigenvalue weighted by Crippen LogP contribution is 2.60. The highest BCUT2D eigenvalue weighted by Gasteiger charge is 2.61. The van der Waals surface area contributed by atoms with Gasteiger partial charge in [-0.3, -0.25) is 0 Å². The molecule has 0 nitrogen and oxygen atoms in total. The van der Waals surface area contributed by atoms with Gasteiger partial charge >= 0.3 is 6.18 Å². The van der Waals surface area contributed by atoms with Crippen LogP contribution in [0, 0.1) is 5.41 Å². The van der Waals surface area contributed by atoms with Crippen LogP contribution in [-0.2, 0) is 0 Å². The first-order chi connectivity index (χ1) is 5.87. The van der Waals surface area contributed by atoms with Gasteiger partial charge in [0, 0.05) is 0 Å². The molecule has 0 atom stereocenters. The molecule has 0 N–H and O–H groups in total. The second kappa shape index (κ2) is 2.39. The lowest BCUT2D eigenvalue weighted by Crippen LogP contribution is -2.50. The Hall–Kier alpha value is -0.280. The molecule has 3 aliphatic rings. The van der Waals surface area contributed by atoms with E-state index in [9.17, 15) is 17.6 Å². The van der Waals surface area contributed by atoms with Gasteiger partial charge in [-0.05, 0) is 38.5 Å². The molecule has 3 aliphatic carbocycles. The summed E-state index contributed by atoms with van der Waals surface area (Å²) in [5, 5.41) is 0. The summed E-state index contributed by atoms with van der Waals surface area (Å²) >= 11 is 0. The van der Waals surface area contributed by atoms with Crippen LogP contribution >= 0.6 is 0 Å². The topological polar surface area (TPSA) is 0 Å². The van der Waals surface area contributed by atoms with E-state index >= 15 is 0 Å². The molecule has 0 amide bonds. The maximum absolute atomic E-state index is 13.5. The van der Waals surface area contributed by atoms with E-state index in [1.807, 2.05) is 0 Å². The summed E-state index contributed by atoms with van der Waals surface area (Å²) in [4.78, 5) is 0. The maximum atomic E-state index is 13.5. The van der Waals surface area contributed by atoms with Crippen molar-refractivity contribution in [3.63, 3.8) is 0 Å². The second-order valence-electron chi connectivity index (χ2n) is 4.43. The van der Waals surface area contributed by atoms with E-state index in [1.54, 1.807) is 0 Å². The Morgan fingerprint density at radius 1 is 0.769 bits per heavy atom. The lowest BCUT2D eigenvalue weighted by Gasteiger charge is -2.50. The van der Waals surface area contributed by atoms with Crippen LogP contribution in [0.3, 0.4) is 0 Å². The van der Waals surface area contributed by atoms with Crippen molar-refractivity contribution in [3.8, 4) is 0 Å². The van der Waals surface area contributed by atoms with Gasteiger partial charge in [0.25, 0.3) is 0 Å². The van der Waals surface area contributed by atoms with E-state index in [1.165, 1.54) is 0 Å². The number of fused-ring (bicyclic) bond motifs is 3. The molecule has 0 radical (unpaired) electrons. The Morgan fingerprint density at radius 3 is 1.46 bits per heavy atom. The summed E-state index contributed by atoms with van der Waals surface area (Å²) in [7, 11) is 0. The van der Waals surface area contributed by atoms with E-state index in [0.717, 1.165) is 0 Å². The molecule has 0 aromatic rings. The second-order valence-corrected chi connectivity index (χ2v) is 4.43. The SMILES string of the molecule is FC12CCC(C(F)(F)F)(CC1)CC2. The summed E-state index contributed by atoms with van der Waals surface area (Å²) in [6.45, 7) is 0. The van der Waals surface area contributed by atoms with Gasteiger partial charge in [-0.1, -0.05) is 0 Å². The van der Waals surface area contributed by atoms with Gasteiger partial charge in [0.2, 0.25) is 0 Å². The predicted octanol–water partition coefficient (Wildman–Crippen LogP) is 3.61. The largest absolute Gasteiger partial charge is 0.394 e. The first kappa shape index (κ1) is 9.28. The summed E-state index contributed by atoms with van der Waals surface area (Å²) in [6, 6.07) is 0. The predicted molar refractivity (Wildman–Crippen MR) is 40.0 cm³/mol. The van der Waals surface area contributed by atoms with Gasteiger partial charge < -0.3 is 0 Å². The number of hydrogen-bond donors (Lipinski definition) is 0. The third-order valence-electron chi connectivity index (χ3n) is 3.76. The van der Waals surface area contributed by atoms with Crippen LogP contribution in [0.25, 0.3) is 0 Å². The van der Waals surface area contributed by atoms with E-state index in [-0.39, 0.29) is 38.5 Å². The standard InChI is InChI=1S/C9H12F4/c10-8-4-1-7(2-5-8,3-6-8)9(11,12)13/h1-6H2. The average molecular weight is 196 g/mol. The van der Waals surface area contributed by atoms with Gasteiger partial charge in [-0.25, -0.2) is 4.39 Å². The molecular formula is C9H12F4. The lowest BCUT2D eigenvalue weighted by molar-refractivity contribution is -0.260. The number of alkyl halides is 4. The van der Waals surface area contributed by atoms with Crippen molar-refractivity contribution < 1.29 is 17.6 Å². The Kier molecular flexibility index (Phi) is 1.71. The third kappa shape index (κ3) is 1.25. The third-order valence-corrected chi connectivity index (χ3v) is 3.76. The summed E-state index contributed by atoms with van der Waals surface area (Å²) in [5.41, 5.74) is -2.81. The van der Waals surface area contributed by atoms with Gasteiger partial charge in [0.05, 0.1) is 5.41 Å². The minimum absolute atomic E-state index is 0.00694. The molecule has 0 aromatic heterocycles. The fraction of sp³-hybridized carbons (Fsp3) is 1.00. The minimum atomic E-state index is -4.13. The van der Waals surface area contributed by atoms with Crippen molar-refractivity contribution in [2.45, 2.75) is 50.4 Å². The van der Waals surface area contributed by atoms with E-state index in [2.05, 4.69) is 0 Å². The van der Waals surface area contributed by atoms with Gasteiger partial charge in [-0.2, -0.15) is 13.2 Å². The fourth-order valence-electron chi connectivity index (χ4n) is 2.57. The van der Waals surface area contributed by atoms with Gasteiger partial charge in [-0.15, -0.1) is 0 Å². The molecule has 0 heterocycles. The Morgan fingerprint density at radius 2 is 1.15 bits per heavy atom. The minimum Gasteiger partial charge on any atom is -0.244 e. The van der Waals surface area contributed by atoms with E-state index in [4.69, 9.17) is 0 Å². The summed E-state index contributed by atoms with van der Waals surface area (Å²) < 4.78 is 51.4. The Bertz CT molecular complexity index is 194. The van der Waals surface area contributed by atoms with Crippen molar-refractivity contribution in [2.75, 3.05) is 0 Å². The molecule has 0 unspecified atom stereocenters. The molecule has 4 heteroatoms. The zero-order valence-electron chi connectivity index (χ0n) is 7.25. The van der Waals surface area contributed by atoms with Crippen LogP contribution in [0.4, 0.5) is 17.6 Å². The van der Waals surface area contributed by atoms with Crippen molar-refractivity contribution >= 4 is 0 Å². The fourth-order valence-corrected chi connectivity index (χ4v) is 2.57. The smallest absolute Gasteiger partial charge is 0.244 e. The van der Waals surface area contributed by atoms with Crippen LogP contribution in [0.5, 0.6) is 0 Å². The van der Waals surface area contributed by atoms with Crippen LogP contribution in [0.2, 0.25) is 0 Å². The first-order valence-electron chi connectivity index (χ1n) is 4.63. The number of rotatable bonds is 0. The molecule has 0 saturated heterocycles. The highest BCUT2D eigenvalue weighted by molar-refractivity contribution is 5.03. The molecule has 3 saturated carbocycles. The van der Waals surface area contributed by atoms with Crippen molar-refractivity contribution in [3.05, 3.63) is 0 Å². The van der Waals surface area contributed by atoms with Crippen molar-refractivity contribution in [2.24, 2.45) is 5.41 Å². The molecule has 0 aromatic carbocycles. The lowest BCUT2D eigenvalue weighted by atomic mass is 9.59. The Balaban J connectivity index is 2.20. The first-order valence-corrected chi connectivity index (χ1v) is 4.63. The molecule has 76 valence electrons. The molecule has 13 heavy (non-hydrogen) atoms. The van der Waals surface area contributed by atoms with Crippen molar-refractivity contribution in [1.82, 2.24) is 0 Å². The van der Waals surface area contributed by atoms with Crippen LogP contribution in [0.1, 0.15) is 38.5 Å².